The van der Waals surface area contributed by atoms with Crippen LogP contribution in [-0.4, -0.2) is 74.6 Å². The SMILES string of the molecule is CN=C(NCC(c1cccc(F)c1)N(C)C)N1CCN(c2ccccn2)CC1.I. The summed E-state index contributed by atoms with van der Waals surface area (Å²) in [7, 11) is 5.82. The van der Waals surface area contributed by atoms with Crippen LogP contribution in [-0.2, 0) is 0 Å². The summed E-state index contributed by atoms with van der Waals surface area (Å²) in [4.78, 5) is 15.5. The van der Waals surface area contributed by atoms with Gasteiger partial charge in [0.1, 0.15) is 11.6 Å². The fourth-order valence-corrected chi connectivity index (χ4v) is 3.52. The summed E-state index contributed by atoms with van der Waals surface area (Å²) in [5.41, 5.74) is 0.952. The van der Waals surface area contributed by atoms with E-state index in [1.807, 2.05) is 44.6 Å². The lowest BCUT2D eigenvalue weighted by atomic mass is 10.1. The highest BCUT2D eigenvalue weighted by molar-refractivity contribution is 14.0. The molecule has 0 radical (unpaired) electrons. The lowest BCUT2D eigenvalue weighted by Crippen LogP contribution is -2.53. The molecule has 1 N–H and O–H groups in total. The lowest BCUT2D eigenvalue weighted by Gasteiger charge is -2.37. The fraction of sp³-hybridized carbons (Fsp3) is 0.429. The number of halogens is 2. The number of nitrogens with zero attached hydrogens (tertiary/aromatic N) is 5. The van der Waals surface area contributed by atoms with Gasteiger partial charge in [0.25, 0.3) is 0 Å². The maximum absolute atomic E-state index is 13.6. The van der Waals surface area contributed by atoms with Crippen molar-refractivity contribution in [3.05, 3.63) is 60.0 Å². The Balaban J connectivity index is 0.00000300. The zero-order valence-electron chi connectivity index (χ0n) is 17.3. The highest BCUT2D eigenvalue weighted by Gasteiger charge is 2.22. The van der Waals surface area contributed by atoms with E-state index < -0.39 is 0 Å². The second-order valence-corrected chi connectivity index (χ2v) is 7.12. The highest BCUT2D eigenvalue weighted by atomic mass is 127. The summed E-state index contributed by atoms with van der Waals surface area (Å²) in [5, 5.41) is 3.47. The molecule has 1 aliphatic rings. The molecule has 8 heteroatoms. The number of nitrogens with one attached hydrogen (secondary N) is 1. The first kappa shape index (κ1) is 23.3. The molecule has 6 nitrogen and oxygen atoms in total. The molecule has 0 aliphatic carbocycles. The number of hydrogen-bond donors (Lipinski definition) is 1. The van der Waals surface area contributed by atoms with Crippen molar-refractivity contribution >= 4 is 35.8 Å². The minimum atomic E-state index is -0.209. The predicted molar refractivity (Wildman–Crippen MR) is 128 cm³/mol. The summed E-state index contributed by atoms with van der Waals surface area (Å²) < 4.78 is 13.6. The van der Waals surface area contributed by atoms with E-state index in [1.54, 1.807) is 19.2 Å². The Kier molecular flexibility index (Phi) is 9.09. The van der Waals surface area contributed by atoms with Crippen LogP contribution in [0.5, 0.6) is 0 Å². The summed E-state index contributed by atoms with van der Waals surface area (Å²) in [5.74, 6) is 1.69. The molecule has 158 valence electrons. The van der Waals surface area contributed by atoms with Crippen LogP contribution in [0, 0.1) is 5.82 Å². The summed E-state index contributed by atoms with van der Waals surface area (Å²) in [6, 6.07) is 12.8. The van der Waals surface area contributed by atoms with Crippen LogP contribution in [0.4, 0.5) is 10.2 Å². The van der Waals surface area contributed by atoms with Crippen molar-refractivity contribution in [2.75, 3.05) is 58.8 Å². The van der Waals surface area contributed by atoms with Crippen molar-refractivity contribution in [3.63, 3.8) is 0 Å². The van der Waals surface area contributed by atoms with Gasteiger partial charge in [-0.05, 0) is 43.9 Å². The highest BCUT2D eigenvalue weighted by Crippen LogP contribution is 2.18. The molecule has 0 amide bonds. The van der Waals surface area contributed by atoms with Crippen molar-refractivity contribution in [2.45, 2.75) is 6.04 Å². The minimum absolute atomic E-state index is 0. The van der Waals surface area contributed by atoms with E-state index in [0.29, 0.717) is 6.54 Å². The maximum Gasteiger partial charge on any atom is 0.193 e. The number of likely N-dealkylation sites (N-methyl/N-ethyl adjacent to an activating group) is 1. The molecule has 1 unspecified atom stereocenters. The van der Waals surface area contributed by atoms with Crippen LogP contribution < -0.4 is 10.2 Å². The van der Waals surface area contributed by atoms with E-state index in [4.69, 9.17) is 0 Å². The molecular weight excluding hydrogens is 482 g/mol. The smallest absolute Gasteiger partial charge is 0.193 e. The van der Waals surface area contributed by atoms with Gasteiger partial charge in [-0.1, -0.05) is 18.2 Å². The first-order valence-corrected chi connectivity index (χ1v) is 9.62. The molecule has 29 heavy (non-hydrogen) atoms. The quantitative estimate of drug-likeness (QED) is 0.380. The monoisotopic (exact) mass is 512 g/mol. The molecule has 2 aromatic rings. The van der Waals surface area contributed by atoms with Crippen molar-refractivity contribution in [1.82, 2.24) is 20.1 Å². The summed E-state index contributed by atoms with van der Waals surface area (Å²) >= 11 is 0. The molecule has 1 saturated heterocycles. The molecule has 1 atom stereocenters. The van der Waals surface area contributed by atoms with Crippen molar-refractivity contribution in [3.8, 4) is 0 Å². The van der Waals surface area contributed by atoms with E-state index >= 15 is 0 Å². The van der Waals surface area contributed by atoms with Crippen molar-refractivity contribution in [1.29, 1.82) is 0 Å². The normalized spacial score (nSPS) is 15.8. The molecule has 1 aromatic carbocycles. The molecule has 0 bridgehead atoms. The molecule has 0 spiro atoms. The molecule has 2 heterocycles. The number of benzene rings is 1. The number of aliphatic imine (C=N–C) groups is 1. The van der Waals surface area contributed by atoms with Gasteiger partial charge in [-0.25, -0.2) is 9.37 Å². The van der Waals surface area contributed by atoms with Gasteiger partial charge in [-0.2, -0.15) is 0 Å². The van der Waals surface area contributed by atoms with Crippen molar-refractivity contribution < 1.29 is 4.39 Å². The van der Waals surface area contributed by atoms with Crippen LogP contribution in [0.3, 0.4) is 0 Å². The van der Waals surface area contributed by atoms with Gasteiger partial charge >= 0.3 is 0 Å². The number of anilines is 1. The Labute approximate surface area is 189 Å². The van der Waals surface area contributed by atoms with Crippen LogP contribution in [0.25, 0.3) is 0 Å². The average molecular weight is 512 g/mol. The van der Waals surface area contributed by atoms with E-state index in [-0.39, 0.29) is 35.8 Å². The first-order chi connectivity index (χ1) is 13.6. The Bertz CT molecular complexity index is 778. The zero-order valence-corrected chi connectivity index (χ0v) is 19.6. The van der Waals surface area contributed by atoms with Gasteiger partial charge in [0.05, 0.1) is 6.04 Å². The number of pyridine rings is 1. The van der Waals surface area contributed by atoms with Gasteiger partial charge in [0.15, 0.2) is 5.96 Å². The molecule has 3 rings (SSSR count). The number of guanidine groups is 1. The summed E-state index contributed by atoms with van der Waals surface area (Å²) in [6.07, 6.45) is 1.83. The number of piperazine rings is 1. The summed E-state index contributed by atoms with van der Waals surface area (Å²) in [6.45, 7) is 4.21. The minimum Gasteiger partial charge on any atom is -0.354 e. The van der Waals surface area contributed by atoms with Crippen LogP contribution in [0.15, 0.2) is 53.7 Å². The predicted octanol–water partition coefficient (Wildman–Crippen LogP) is 2.84. The number of aromatic nitrogens is 1. The largest absolute Gasteiger partial charge is 0.354 e. The van der Waals surface area contributed by atoms with E-state index in [9.17, 15) is 4.39 Å². The topological polar surface area (TPSA) is 47.0 Å². The van der Waals surface area contributed by atoms with Gasteiger partial charge in [-0.3, -0.25) is 4.99 Å². The fourth-order valence-electron chi connectivity index (χ4n) is 3.52. The van der Waals surface area contributed by atoms with Crippen LogP contribution in [0.1, 0.15) is 11.6 Å². The van der Waals surface area contributed by atoms with Crippen LogP contribution >= 0.6 is 24.0 Å². The van der Waals surface area contributed by atoms with Gasteiger partial charge in [-0.15, -0.1) is 24.0 Å². The number of rotatable bonds is 5. The Morgan fingerprint density at radius 1 is 1.17 bits per heavy atom. The second kappa shape index (κ2) is 11.3. The lowest BCUT2D eigenvalue weighted by molar-refractivity contribution is 0.291. The van der Waals surface area contributed by atoms with E-state index in [1.165, 1.54) is 6.07 Å². The number of hydrogen-bond acceptors (Lipinski definition) is 4. The Morgan fingerprint density at radius 2 is 1.93 bits per heavy atom. The third-order valence-electron chi connectivity index (χ3n) is 5.07. The molecule has 1 aromatic heterocycles. The van der Waals surface area contributed by atoms with Gasteiger partial charge < -0.3 is 20.0 Å². The van der Waals surface area contributed by atoms with Gasteiger partial charge in [0.2, 0.25) is 0 Å². The Morgan fingerprint density at radius 3 is 2.52 bits per heavy atom. The first-order valence-electron chi connectivity index (χ1n) is 9.62. The third-order valence-corrected chi connectivity index (χ3v) is 5.07. The van der Waals surface area contributed by atoms with Crippen LogP contribution in [0.2, 0.25) is 0 Å². The standard InChI is InChI=1S/C21H29FN6.HI/c1-23-21(25-16-19(26(2)3)17-7-6-8-18(22)15-17)28-13-11-27(12-14-28)20-9-4-5-10-24-20;/h4-10,15,19H,11-14,16H2,1-3H3,(H,23,25);1H. The zero-order chi connectivity index (χ0) is 19.9. The van der Waals surface area contributed by atoms with Crippen molar-refractivity contribution in [2.24, 2.45) is 4.99 Å². The van der Waals surface area contributed by atoms with E-state index in [0.717, 1.165) is 43.5 Å². The Hall–Kier alpha value is -1.94. The third kappa shape index (κ3) is 6.27. The maximum atomic E-state index is 13.6. The molecule has 1 aliphatic heterocycles. The molecular formula is C21H30FIN6. The van der Waals surface area contributed by atoms with E-state index in [2.05, 4.69) is 30.0 Å². The average Bonchev–Trinajstić information content (AvgIpc) is 2.72. The molecule has 0 saturated carbocycles. The second-order valence-electron chi connectivity index (χ2n) is 7.12. The van der Waals surface area contributed by atoms with Gasteiger partial charge in [0, 0.05) is 46.0 Å². The molecule has 1 fully saturated rings.